The molecule has 0 saturated carbocycles. The summed E-state index contributed by atoms with van der Waals surface area (Å²) in [4.78, 5) is -0.0954. The van der Waals surface area contributed by atoms with Gasteiger partial charge >= 0.3 is 0 Å². The average Bonchev–Trinajstić information content (AvgIpc) is 3.05. The van der Waals surface area contributed by atoms with Crippen molar-refractivity contribution in [1.82, 2.24) is 0 Å². The fourth-order valence-electron chi connectivity index (χ4n) is 3.24. The fraction of sp³-hybridized carbons (Fsp3) is 0.0909. The molecule has 154 valence electrons. The molecule has 3 aromatic carbocycles. The average molecular weight is 446 g/mol. The highest BCUT2D eigenvalue weighted by Crippen LogP contribution is 2.40. The van der Waals surface area contributed by atoms with Crippen LogP contribution in [0.3, 0.4) is 0 Å². The number of halogens is 2. The molecule has 0 aliphatic rings. The Hall–Kier alpha value is -2.97. The van der Waals surface area contributed by atoms with Gasteiger partial charge in [0.25, 0.3) is 10.0 Å². The van der Waals surface area contributed by atoms with Gasteiger partial charge in [-0.15, -0.1) is 11.3 Å². The molecule has 8 heteroatoms. The summed E-state index contributed by atoms with van der Waals surface area (Å²) in [5.41, 5.74) is 1.07. The minimum Gasteiger partial charge on any atom is -0.508 e. The van der Waals surface area contributed by atoms with Crippen LogP contribution in [0.5, 0.6) is 5.75 Å². The number of aryl methyl sites for hydroxylation is 1. The van der Waals surface area contributed by atoms with E-state index in [1.165, 1.54) is 39.9 Å². The predicted molar refractivity (Wildman–Crippen MR) is 114 cm³/mol. The number of phenolic OH excluding ortho intramolecular Hbond substituents is 1. The van der Waals surface area contributed by atoms with Gasteiger partial charge in [0.1, 0.15) is 10.8 Å². The molecule has 0 aliphatic carbocycles. The van der Waals surface area contributed by atoms with Crippen molar-refractivity contribution in [3.8, 4) is 5.75 Å². The molecule has 4 rings (SSSR count). The molecule has 0 atom stereocenters. The highest BCUT2D eigenvalue weighted by Gasteiger charge is 2.29. The summed E-state index contributed by atoms with van der Waals surface area (Å²) in [5, 5.41) is 11.2. The Morgan fingerprint density at radius 2 is 1.73 bits per heavy atom. The zero-order valence-corrected chi connectivity index (χ0v) is 17.5. The number of anilines is 1. The molecule has 1 heterocycles. The summed E-state index contributed by atoms with van der Waals surface area (Å²) >= 11 is 1.30. The number of sulfonamides is 1. The Kier molecular flexibility index (Phi) is 5.21. The molecular weight excluding hydrogens is 428 g/mol. The monoisotopic (exact) mass is 445 g/mol. The molecule has 0 fully saturated rings. The Labute approximate surface area is 176 Å². The van der Waals surface area contributed by atoms with Gasteiger partial charge in [0.15, 0.2) is 11.6 Å². The second-order valence-electron chi connectivity index (χ2n) is 6.79. The molecule has 0 saturated heterocycles. The van der Waals surface area contributed by atoms with Crippen LogP contribution in [0.1, 0.15) is 11.1 Å². The van der Waals surface area contributed by atoms with Crippen LogP contribution in [0.4, 0.5) is 13.8 Å². The summed E-state index contributed by atoms with van der Waals surface area (Å²) < 4.78 is 56.3. The predicted octanol–water partition coefficient (Wildman–Crippen LogP) is 5.59. The van der Waals surface area contributed by atoms with Gasteiger partial charge in [0.05, 0.1) is 11.4 Å². The van der Waals surface area contributed by atoms with Crippen molar-refractivity contribution >= 4 is 36.4 Å². The van der Waals surface area contributed by atoms with Crippen LogP contribution < -0.4 is 4.31 Å². The van der Waals surface area contributed by atoms with Crippen LogP contribution in [0.15, 0.2) is 71.6 Å². The maximum Gasteiger partial charge on any atom is 0.265 e. The standard InChI is InChI=1S/C22H17F2NO3S2/c1-14-18-7-2-3-8-21(18)29-22(14)25(13-15-9-10-19(23)20(24)11-15)30(27,28)17-6-4-5-16(26)12-17/h2-12,26H,13H2,1H3. The lowest BCUT2D eigenvalue weighted by molar-refractivity contribution is 0.473. The summed E-state index contributed by atoms with van der Waals surface area (Å²) in [5.74, 6) is -2.23. The molecule has 30 heavy (non-hydrogen) atoms. The SMILES string of the molecule is Cc1c(N(Cc2ccc(F)c(F)c2)S(=O)(=O)c2cccc(O)c2)sc2ccccc12. The largest absolute Gasteiger partial charge is 0.508 e. The number of hydrogen-bond acceptors (Lipinski definition) is 4. The number of rotatable bonds is 5. The van der Waals surface area contributed by atoms with Crippen molar-refractivity contribution in [2.24, 2.45) is 0 Å². The first-order valence-electron chi connectivity index (χ1n) is 9.01. The van der Waals surface area contributed by atoms with Gasteiger partial charge < -0.3 is 5.11 Å². The maximum absolute atomic E-state index is 13.8. The van der Waals surface area contributed by atoms with Crippen LogP contribution in [0.2, 0.25) is 0 Å². The van der Waals surface area contributed by atoms with Crippen LogP contribution in [0, 0.1) is 18.6 Å². The van der Waals surface area contributed by atoms with Gasteiger partial charge in [-0.1, -0.05) is 30.3 Å². The number of hydrogen-bond donors (Lipinski definition) is 1. The molecule has 0 radical (unpaired) electrons. The van der Waals surface area contributed by atoms with Crippen molar-refractivity contribution in [2.75, 3.05) is 4.31 Å². The van der Waals surface area contributed by atoms with Gasteiger partial charge in [-0.2, -0.15) is 0 Å². The van der Waals surface area contributed by atoms with Crippen molar-refractivity contribution < 1.29 is 22.3 Å². The second kappa shape index (κ2) is 7.70. The molecular formula is C22H17F2NO3S2. The van der Waals surface area contributed by atoms with Crippen LogP contribution >= 0.6 is 11.3 Å². The zero-order chi connectivity index (χ0) is 21.5. The van der Waals surface area contributed by atoms with E-state index in [4.69, 9.17) is 0 Å². The van der Waals surface area contributed by atoms with Crippen LogP contribution in [-0.2, 0) is 16.6 Å². The smallest absolute Gasteiger partial charge is 0.265 e. The minimum atomic E-state index is -4.10. The van der Waals surface area contributed by atoms with Gasteiger partial charge in [0.2, 0.25) is 0 Å². The van der Waals surface area contributed by atoms with Crippen molar-refractivity contribution in [1.29, 1.82) is 0 Å². The number of thiophene rings is 1. The van der Waals surface area contributed by atoms with E-state index in [9.17, 15) is 22.3 Å². The maximum atomic E-state index is 13.8. The van der Waals surface area contributed by atoms with Crippen molar-refractivity contribution in [3.05, 3.63) is 89.5 Å². The summed E-state index contributed by atoms with van der Waals surface area (Å²) in [6, 6.07) is 16.2. The van der Waals surface area contributed by atoms with E-state index in [0.29, 0.717) is 10.6 Å². The number of aromatic hydroxyl groups is 1. The van der Waals surface area contributed by atoms with Crippen molar-refractivity contribution in [3.63, 3.8) is 0 Å². The van der Waals surface area contributed by atoms with Crippen LogP contribution in [-0.4, -0.2) is 13.5 Å². The number of nitrogens with zero attached hydrogens (tertiary/aromatic N) is 1. The Morgan fingerprint density at radius 3 is 2.43 bits per heavy atom. The molecule has 0 bridgehead atoms. The third kappa shape index (κ3) is 3.64. The fourth-order valence-corrected chi connectivity index (χ4v) is 6.21. The zero-order valence-electron chi connectivity index (χ0n) is 15.8. The summed E-state index contributed by atoms with van der Waals surface area (Å²) in [7, 11) is -4.10. The first-order valence-corrected chi connectivity index (χ1v) is 11.3. The molecule has 4 aromatic rings. The van der Waals surface area contributed by atoms with E-state index >= 15 is 0 Å². The van der Waals surface area contributed by atoms with Crippen LogP contribution in [0.25, 0.3) is 10.1 Å². The highest BCUT2D eigenvalue weighted by atomic mass is 32.2. The molecule has 1 N–H and O–H groups in total. The molecule has 4 nitrogen and oxygen atoms in total. The van der Waals surface area contributed by atoms with Crippen molar-refractivity contribution in [2.45, 2.75) is 18.4 Å². The number of fused-ring (bicyclic) bond motifs is 1. The highest BCUT2D eigenvalue weighted by molar-refractivity contribution is 7.93. The third-order valence-corrected chi connectivity index (χ3v) is 7.91. The van der Waals surface area contributed by atoms with E-state index in [1.54, 1.807) is 0 Å². The molecule has 0 aliphatic heterocycles. The molecule has 1 aromatic heterocycles. The summed E-state index contributed by atoms with van der Waals surface area (Å²) in [6.07, 6.45) is 0. The van der Waals surface area contributed by atoms with E-state index in [2.05, 4.69) is 0 Å². The molecule has 0 spiro atoms. The van der Waals surface area contributed by atoms with Gasteiger partial charge in [0, 0.05) is 10.8 Å². The topological polar surface area (TPSA) is 57.6 Å². The van der Waals surface area contributed by atoms with Gasteiger partial charge in [-0.25, -0.2) is 17.2 Å². The lowest BCUT2D eigenvalue weighted by Crippen LogP contribution is -2.30. The van der Waals surface area contributed by atoms with E-state index < -0.39 is 21.7 Å². The Morgan fingerprint density at radius 1 is 0.967 bits per heavy atom. The van der Waals surface area contributed by atoms with Gasteiger partial charge in [-0.3, -0.25) is 4.31 Å². The van der Waals surface area contributed by atoms with E-state index in [-0.39, 0.29) is 17.2 Å². The lowest BCUT2D eigenvalue weighted by Gasteiger charge is -2.24. The number of benzene rings is 3. The quantitative estimate of drug-likeness (QED) is 0.436. The Balaban J connectivity index is 1.89. The normalized spacial score (nSPS) is 11.7. The first-order chi connectivity index (χ1) is 14.3. The van der Waals surface area contributed by atoms with Gasteiger partial charge in [-0.05, 0) is 53.8 Å². The van der Waals surface area contributed by atoms with E-state index in [1.807, 2.05) is 31.2 Å². The minimum absolute atomic E-state index is 0.0954. The summed E-state index contributed by atoms with van der Waals surface area (Å²) in [6.45, 7) is 1.63. The van der Waals surface area contributed by atoms with E-state index in [0.717, 1.165) is 33.8 Å². The molecule has 0 unspecified atom stereocenters. The lowest BCUT2D eigenvalue weighted by atomic mass is 10.2. The third-order valence-electron chi connectivity index (χ3n) is 4.76. The number of phenols is 1. The first kappa shape index (κ1) is 20.3. The Bertz CT molecular complexity index is 1350. The molecule has 0 amide bonds. The second-order valence-corrected chi connectivity index (χ2v) is 9.68.